The Morgan fingerprint density at radius 1 is 0.515 bits per heavy atom. The number of rotatable bonds is 8. The van der Waals surface area contributed by atoms with Crippen molar-refractivity contribution in [2.75, 3.05) is 60.5 Å². The minimum absolute atomic E-state index is 0.0129. The molecule has 0 spiro atoms. The van der Waals surface area contributed by atoms with Crippen molar-refractivity contribution in [3.8, 4) is 23.3 Å². The van der Waals surface area contributed by atoms with Crippen LogP contribution in [0.25, 0.3) is 21.8 Å². The van der Waals surface area contributed by atoms with Gasteiger partial charge in [-0.2, -0.15) is 0 Å². The van der Waals surface area contributed by atoms with Crippen molar-refractivity contribution in [1.82, 2.24) is 29.6 Å². The highest BCUT2D eigenvalue weighted by Gasteiger charge is 2.53. The number of hydrogen-bond donors (Lipinski definition) is 1. The van der Waals surface area contributed by atoms with E-state index >= 15 is 0 Å². The third kappa shape index (κ3) is 16.6. The van der Waals surface area contributed by atoms with E-state index in [0.717, 1.165) is 238 Å². The summed E-state index contributed by atoms with van der Waals surface area (Å²) >= 11 is 0. The molecule has 6 aliphatic heterocycles. The van der Waals surface area contributed by atoms with Gasteiger partial charge in [-0.25, -0.2) is 19.6 Å². The summed E-state index contributed by atoms with van der Waals surface area (Å²) in [4.78, 5) is 99.9. The molecule has 2 amide bonds. The molecule has 4 saturated heterocycles. The second kappa shape index (κ2) is 31.2. The zero-order chi connectivity index (χ0) is 69.0. The number of para-hydroxylation sites is 2. The maximum Gasteiger partial charge on any atom is 0.328 e. The monoisotopic (exact) mass is 1360 g/mol. The number of hydrogen-bond acceptors (Lipinski definition) is 17. The van der Waals surface area contributed by atoms with Crippen LogP contribution >= 0.6 is 0 Å². The first-order valence-electron chi connectivity index (χ1n) is 38.1. The van der Waals surface area contributed by atoms with Crippen molar-refractivity contribution in [1.29, 1.82) is 0 Å². The highest BCUT2D eigenvalue weighted by Crippen LogP contribution is 2.50. The lowest BCUT2D eigenvalue weighted by Crippen LogP contribution is -2.49. The number of fused-ring (bicyclic) bond motifs is 10. The third-order valence-corrected chi connectivity index (χ3v) is 24.4. The summed E-state index contributed by atoms with van der Waals surface area (Å²) in [6.45, 7) is 8.52. The smallest absolute Gasteiger partial charge is 0.328 e. The van der Waals surface area contributed by atoms with E-state index in [-0.39, 0.29) is 92.4 Å². The van der Waals surface area contributed by atoms with Crippen LogP contribution in [0.1, 0.15) is 205 Å². The number of carbonyl (C=O) groups excluding carboxylic acids is 5. The molecule has 2 aromatic heterocycles. The number of carboxylic acids is 1. The molecule has 20 nitrogen and oxygen atoms in total. The first-order chi connectivity index (χ1) is 47.9. The van der Waals surface area contributed by atoms with Crippen molar-refractivity contribution < 1.29 is 67.0 Å². The van der Waals surface area contributed by atoms with Gasteiger partial charge in [-0.3, -0.25) is 19.2 Å². The number of aromatic nitrogens is 2. The standard InChI is InChI=1S/C40H55N3O7.C39H53N3O7/c1-40(18-10-5-11-19-40)31-24-35(44)50-34-22-26(34)12-6-4-7-14-30-36(48-27-16-20-42(2)21-17-27)29-13-8-9-15-32(29)41-37(30)49-28-23-33(39(46)47-3)43(25-28)38(31)45;1-39(17-9-4-10-18-39)30-23-34(43)49-33-21-25(33)11-5-3-6-13-29-35(47-26-15-19-41(2)20-16-26)28-12-7-8-14-31(28)40-36(29)48-27-22-32(38(45)46)42(24-27)37(30)44/h8-9,13,15,26-28,31,33-34H,4-7,10-12,14,16-25H2,1-3H3;7-8,12,14,25-27,30,32-33H,3-6,9-11,13,15-24H2,1-2H3,(H,45,46)/t26-,28-,31-,33+,34-;25-,27-,30-,32+,33-/m11/s1. The number of benzene rings is 2. The van der Waals surface area contributed by atoms with Crippen molar-refractivity contribution in [3.63, 3.8) is 0 Å². The molecular weight excluding hydrogens is 1260 g/mol. The highest BCUT2D eigenvalue weighted by molar-refractivity contribution is 5.92. The molecule has 10 aliphatic rings. The molecule has 0 radical (unpaired) electrons. The molecule has 4 saturated carbocycles. The number of esters is 3. The molecule has 4 aromatic rings. The number of pyridine rings is 2. The second-order valence-electron chi connectivity index (χ2n) is 31.7. The lowest BCUT2D eigenvalue weighted by Gasteiger charge is -2.41. The van der Waals surface area contributed by atoms with Crippen LogP contribution in [0.15, 0.2) is 48.5 Å². The molecule has 8 fully saturated rings. The Labute approximate surface area is 584 Å². The van der Waals surface area contributed by atoms with Crippen LogP contribution in [0.5, 0.6) is 23.3 Å². The van der Waals surface area contributed by atoms with Gasteiger partial charge >= 0.3 is 23.9 Å². The van der Waals surface area contributed by atoms with Gasteiger partial charge in [-0.1, -0.05) is 102 Å². The Hall–Kier alpha value is -6.80. The fourth-order valence-electron chi connectivity index (χ4n) is 18.0. The van der Waals surface area contributed by atoms with Gasteiger partial charge in [0.05, 0.1) is 67.0 Å². The predicted molar refractivity (Wildman–Crippen MR) is 373 cm³/mol. The van der Waals surface area contributed by atoms with Gasteiger partial charge in [0.25, 0.3) is 0 Å². The highest BCUT2D eigenvalue weighted by atomic mass is 16.6. The molecule has 10 atom stereocenters. The maximum absolute atomic E-state index is 14.7. The molecule has 4 aliphatic carbocycles. The lowest BCUT2D eigenvalue weighted by atomic mass is 9.65. The van der Waals surface area contributed by atoms with Gasteiger partial charge in [0.2, 0.25) is 23.6 Å². The van der Waals surface area contributed by atoms with Crippen molar-refractivity contribution >= 4 is 57.5 Å². The maximum atomic E-state index is 14.7. The summed E-state index contributed by atoms with van der Waals surface area (Å²) in [6, 6.07) is 14.2. The van der Waals surface area contributed by atoms with E-state index in [4.69, 9.17) is 43.1 Å². The number of aliphatic carboxylic acids is 1. The lowest BCUT2D eigenvalue weighted by molar-refractivity contribution is -0.158. The normalized spacial score (nSPS) is 30.1. The predicted octanol–water partition coefficient (Wildman–Crippen LogP) is 12.4. The molecule has 0 unspecified atom stereocenters. The van der Waals surface area contributed by atoms with E-state index in [9.17, 15) is 33.9 Å². The minimum Gasteiger partial charge on any atom is -0.489 e. The summed E-state index contributed by atoms with van der Waals surface area (Å²) in [5.74, 6) is -0.407. The van der Waals surface area contributed by atoms with Crippen molar-refractivity contribution in [2.45, 2.75) is 255 Å². The number of ether oxygens (including phenoxy) is 7. The van der Waals surface area contributed by atoms with Crippen molar-refractivity contribution in [2.24, 2.45) is 34.5 Å². The average molecular weight is 1370 g/mol. The van der Waals surface area contributed by atoms with Gasteiger partial charge in [-0.15, -0.1) is 0 Å². The van der Waals surface area contributed by atoms with Crippen LogP contribution in [0.2, 0.25) is 0 Å². The van der Waals surface area contributed by atoms with Crippen LogP contribution in [-0.2, 0) is 55.8 Å². The number of methoxy groups -OCH3 is 1. The third-order valence-electron chi connectivity index (χ3n) is 24.4. The summed E-state index contributed by atoms with van der Waals surface area (Å²) in [6.07, 6.45) is 24.2. The molecule has 2 aromatic carbocycles. The number of amides is 2. The van der Waals surface area contributed by atoms with E-state index in [2.05, 4.69) is 49.9 Å². The number of carboxylic acid groups (broad SMARTS) is 1. The van der Waals surface area contributed by atoms with Gasteiger partial charge < -0.3 is 57.9 Å². The number of piperidine rings is 2. The Balaban J connectivity index is 0.000000178. The summed E-state index contributed by atoms with van der Waals surface area (Å²) < 4.78 is 44.5. The molecule has 14 rings (SSSR count). The van der Waals surface area contributed by atoms with Crippen LogP contribution in [0, 0.1) is 34.5 Å². The molecule has 1 N–H and O–H groups in total. The summed E-state index contributed by atoms with van der Waals surface area (Å²) in [7, 11) is 5.66. The molecular formula is C79H108N6O14. The van der Waals surface area contributed by atoms with E-state index < -0.39 is 53.5 Å². The zero-order valence-corrected chi connectivity index (χ0v) is 59.4. The first-order valence-corrected chi connectivity index (χ1v) is 38.1. The number of nitrogens with zero attached hydrogens (tertiary/aromatic N) is 6. The molecule has 8 heterocycles. The van der Waals surface area contributed by atoms with Crippen LogP contribution < -0.4 is 18.9 Å². The average Bonchev–Trinajstić information content (AvgIpc) is 1.63. The second-order valence-corrected chi connectivity index (χ2v) is 31.7. The van der Waals surface area contributed by atoms with E-state index in [0.29, 0.717) is 23.6 Å². The fraction of sp³-hybridized carbons (Fsp3) is 0.696. The first kappa shape index (κ1) is 70.6. The van der Waals surface area contributed by atoms with Gasteiger partial charge in [0.1, 0.15) is 60.2 Å². The van der Waals surface area contributed by atoms with Crippen molar-refractivity contribution in [3.05, 3.63) is 59.7 Å². The largest absolute Gasteiger partial charge is 0.489 e. The molecule has 20 heteroatoms. The topological polar surface area (TPSA) is 226 Å². The van der Waals surface area contributed by atoms with Gasteiger partial charge in [-0.05, 0) is 164 Å². The minimum atomic E-state index is -1.06. The summed E-state index contributed by atoms with van der Waals surface area (Å²) in [5.41, 5.74) is 2.72. The Morgan fingerprint density at radius 2 is 0.919 bits per heavy atom. The summed E-state index contributed by atoms with van der Waals surface area (Å²) in [5, 5.41) is 12.3. The number of carbonyl (C=O) groups is 6. The Bertz CT molecular complexity index is 3540. The van der Waals surface area contributed by atoms with E-state index in [1.165, 1.54) is 12.0 Å². The van der Waals surface area contributed by atoms with Gasteiger partial charge in [0.15, 0.2) is 0 Å². The van der Waals surface area contributed by atoms with Crippen LogP contribution in [0.4, 0.5) is 0 Å². The zero-order valence-electron chi connectivity index (χ0n) is 59.4. The van der Waals surface area contributed by atoms with E-state index in [1.807, 2.05) is 36.4 Å². The fourth-order valence-corrected chi connectivity index (χ4v) is 18.0. The SMILES string of the molecule is CN1CCC(Oc2c3c(nc4ccccc24)O[C@@H]2C[C@@H](C(=O)O)N(C2)C(=O)[C@H](C2(C)CCCCC2)CC(=O)O[C@@H]2C[C@H]2CCCCC3)CC1.COC(=O)[C@@H]1C[C@@H]2CN1C(=O)[C@H](C1(C)CCCCC1)CC(=O)O[C@@H]1C[C@H]1CCCCCc1c(nc3ccccc3c1OC1CCN(C)CC1)O2. The molecule has 99 heavy (non-hydrogen) atoms. The number of likely N-dealkylation sites (tertiary alicyclic amines) is 2. The Kier molecular flexibility index (Phi) is 22.3. The Morgan fingerprint density at radius 3 is 1.34 bits per heavy atom. The van der Waals surface area contributed by atoms with Crippen LogP contribution in [0.3, 0.4) is 0 Å². The molecule has 538 valence electrons. The quantitative estimate of drug-likeness (QED) is 0.128. The van der Waals surface area contributed by atoms with E-state index in [1.54, 1.807) is 4.90 Å². The molecule has 4 bridgehead atoms. The van der Waals surface area contributed by atoms with Gasteiger partial charge in [0, 0.05) is 49.8 Å². The van der Waals surface area contributed by atoms with Crippen LogP contribution in [-0.4, -0.2) is 180 Å².